The molecule has 0 aliphatic carbocycles. The largest absolute Gasteiger partial charge is 0.508 e. The Morgan fingerprint density at radius 3 is 2.45 bits per heavy atom. The van der Waals surface area contributed by atoms with Gasteiger partial charge >= 0.3 is 6.18 Å². The predicted octanol–water partition coefficient (Wildman–Crippen LogP) is 7.19. The van der Waals surface area contributed by atoms with Crippen molar-refractivity contribution in [1.82, 2.24) is 0 Å². The molecule has 0 radical (unpaired) electrons. The number of rotatable bonds is 9. The van der Waals surface area contributed by atoms with Crippen LogP contribution in [0.3, 0.4) is 0 Å². The van der Waals surface area contributed by atoms with Crippen LogP contribution in [0.4, 0.5) is 13.2 Å². The number of hydrogen-bond donors (Lipinski definition) is 1. The fourth-order valence-corrected chi connectivity index (χ4v) is 4.61. The van der Waals surface area contributed by atoms with Crippen LogP contribution in [-0.2, 0) is 17.5 Å². The summed E-state index contributed by atoms with van der Waals surface area (Å²) in [7, 11) is 0. The van der Waals surface area contributed by atoms with Crippen molar-refractivity contribution in [3.63, 3.8) is 0 Å². The molecule has 0 aliphatic rings. The zero-order valence-corrected chi connectivity index (χ0v) is 18.9. The lowest BCUT2D eigenvalue weighted by Gasteiger charge is -2.18. The van der Waals surface area contributed by atoms with Gasteiger partial charge in [0.25, 0.3) is 0 Å². The van der Waals surface area contributed by atoms with E-state index in [9.17, 15) is 18.3 Å². The van der Waals surface area contributed by atoms with Crippen molar-refractivity contribution < 1.29 is 27.8 Å². The van der Waals surface area contributed by atoms with Gasteiger partial charge in [-0.25, -0.2) is 0 Å². The topological polar surface area (TPSA) is 38.7 Å². The van der Waals surface area contributed by atoms with E-state index in [2.05, 4.69) is 0 Å². The highest BCUT2D eigenvalue weighted by Gasteiger charge is 2.30. The second-order valence-corrected chi connectivity index (χ2v) is 9.62. The Kier molecular flexibility index (Phi) is 8.16. The van der Waals surface area contributed by atoms with Crippen molar-refractivity contribution in [2.45, 2.75) is 30.7 Å². The lowest BCUT2D eigenvalue weighted by atomic mass is 10.2. The molecule has 0 aliphatic heterocycles. The van der Waals surface area contributed by atoms with E-state index in [1.807, 2.05) is 25.1 Å². The molecule has 3 nitrogen and oxygen atoms in total. The first-order valence-electron chi connectivity index (χ1n) is 9.29. The van der Waals surface area contributed by atoms with Crippen LogP contribution in [0.15, 0.2) is 59.5 Å². The van der Waals surface area contributed by atoms with E-state index in [0.717, 1.165) is 27.5 Å². The van der Waals surface area contributed by atoms with Crippen molar-refractivity contribution >= 4 is 34.7 Å². The number of aryl methyl sites for hydroxylation is 1. The minimum Gasteiger partial charge on any atom is -0.508 e. The monoisotopic (exact) mass is 488 g/mol. The number of thiophene rings is 1. The Morgan fingerprint density at radius 1 is 1.10 bits per heavy atom. The lowest BCUT2D eigenvalue weighted by molar-refractivity contribution is -0.137. The number of hydrogen-bond acceptors (Lipinski definition) is 5. The molecule has 0 spiro atoms. The number of benzene rings is 2. The molecule has 0 fully saturated rings. The summed E-state index contributed by atoms with van der Waals surface area (Å²) in [5.41, 5.74) is 0.0529. The molecule has 2 aromatic carbocycles. The summed E-state index contributed by atoms with van der Waals surface area (Å²) in [6, 6.07) is 13.6. The molecule has 0 amide bonds. The Morgan fingerprint density at radius 2 is 1.84 bits per heavy atom. The molecule has 0 saturated heterocycles. The van der Waals surface area contributed by atoms with Gasteiger partial charge in [-0.1, -0.05) is 11.6 Å². The molecule has 1 N–H and O–H groups in total. The van der Waals surface area contributed by atoms with Crippen molar-refractivity contribution in [2.24, 2.45) is 0 Å². The molecule has 1 aromatic heterocycles. The molecule has 0 saturated carbocycles. The molecule has 3 aromatic rings. The van der Waals surface area contributed by atoms with Gasteiger partial charge in [-0.15, -0.1) is 23.1 Å². The lowest BCUT2D eigenvalue weighted by Crippen LogP contribution is -2.24. The van der Waals surface area contributed by atoms with Gasteiger partial charge in [0, 0.05) is 15.5 Å². The number of thioether (sulfide) groups is 1. The Bertz CT molecular complexity index is 990. The third-order valence-corrected chi connectivity index (χ3v) is 6.64. The summed E-state index contributed by atoms with van der Waals surface area (Å²) in [6.45, 7) is 2.35. The number of alkyl halides is 3. The van der Waals surface area contributed by atoms with Crippen molar-refractivity contribution in [3.8, 4) is 11.5 Å². The maximum Gasteiger partial charge on any atom is 0.416 e. The summed E-state index contributed by atoms with van der Waals surface area (Å²) in [5.74, 6) is 1.13. The molecule has 166 valence electrons. The molecule has 1 heterocycles. The summed E-state index contributed by atoms with van der Waals surface area (Å²) in [4.78, 5) is 1.94. The molecule has 3 rings (SSSR count). The summed E-state index contributed by atoms with van der Waals surface area (Å²) >= 11 is 8.93. The van der Waals surface area contributed by atoms with E-state index in [0.29, 0.717) is 22.4 Å². The van der Waals surface area contributed by atoms with Crippen LogP contribution in [0.1, 0.15) is 16.0 Å². The Balaban J connectivity index is 1.61. The average Bonchev–Trinajstić information content (AvgIpc) is 3.14. The van der Waals surface area contributed by atoms with Gasteiger partial charge in [-0.3, -0.25) is 0 Å². The average molecular weight is 489 g/mol. The van der Waals surface area contributed by atoms with Gasteiger partial charge in [0.1, 0.15) is 24.2 Å². The van der Waals surface area contributed by atoms with E-state index < -0.39 is 11.7 Å². The van der Waals surface area contributed by atoms with Crippen LogP contribution in [0.2, 0.25) is 4.34 Å². The second-order valence-electron chi connectivity index (χ2n) is 6.73. The highest BCUT2D eigenvalue weighted by atomic mass is 35.5. The van der Waals surface area contributed by atoms with Gasteiger partial charge in [0.15, 0.2) is 0 Å². The van der Waals surface area contributed by atoms with Crippen LogP contribution >= 0.6 is 34.7 Å². The maximum absolute atomic E-state index is 12.7. The number of phenols is 1. The Hall–Kier alpha value is -1.87. The maximum atomic E-state index is 12.7. The van der Waals surface area contributed by atoms with Crippen LogP contribution in [0.5, 0.6) is 11.5 Å². The first-order chi connectivity index (χ1) is 14.7. The van der Waals surface area contributed by atoms with E-state index in [-0.39, 0.29) is 18.5 Å². The van der Waals surface area contributed by atoms with Gasteiger partial charge < -0.3 is 14.6 Å². The highest BCUT2D eigenvalue weighted by Crippen LogP contribution is 2.31. The summed E-state index contributed by atoms with van der Waals surface area (Å²) < 4.78 is 50.5. The van der Waals surface area contributed by atoms with E-state index in [1.165, 1.54) is 23.5 Å². The number of phenolic OH excluding ortho intramolecular Hbond substituents is 1. The summed E-state index contributed by atoms with van der Waals surface area (Å²) in [5, 5.41) is 9.68. The van der Waals surface area contributed by atoms with Crippen molar-refractivity contribution in [1.29, 1.82) is 0 Å². The minimum atomic E-state index is -4.38. The first kappa shape index (κ1) is 23.8. The molecule has 9 heteroatoms. The minimum absolute atomic E-state index is 0.175. The van der Waals surface area contributed by atoms with Crippen molar-refractivity contribution in [2.75, 3.05) is 12.4 Å². The Labute approximate surface area is 191 Å². The number of halogens is 4. The standard InChI is InChI=1S/C22H20ClF3O3S2/c1-14-10-18(6-8-20(14)27)30-13-17(29-12-19-7-9-21(23)31-19)11-28-16-4-2-15(3-5-16)22(24,25)26/h2-10,17,27H,11-13H2,1H3. The fourth-order valence-electron chi connectivity index (χ4n) is 2.61. The van der Waals surface area contributed by atoms with Gasteiger partial charge in [-0.05, 0) is 67.1 Å². The zero-order valence-electron chi connectivity index (χ0n) is 16.5. The van der Waals surface area contributed by atoms with Gasteiger partial charge in [-0.2, -0.15) is 13.2 Å². The number of aromatic hydroxyl groups is 1. The fraction of sp³-hybridized carbons (Fsp3) is 0.273. The van der Waals surface area contributed by atoms with Crippen molar-refractivity contribution in [3.05, 3.63) is 74.9 Å². The molecule has 1 unspecified atom stereocenters. The van der Waals surface area contributed by atoms with Crippen LogP contribution < -0.4 is 4.74 Å². The third-order valence-electron chi connectivity index (χ3n) is 4.31. The van der Waals surface area contributed by atoms with E-state index >= 15 is 0 Å². The highest BCUT2D eigenvalue weighted by molar-refractivity contribution is 7.99. The zero-order chi connectivity index (χ0) is 22.4. The normalized spacial score (nSPS) is 12.7. The van der Waals surface area contributed by atoms with Crippen LogP contribution in [0, 0.1) is 6.92 Å². The molecular formula is C22H20ClF3O3S2. The number of ether oxygens (including phenoxy) is 2. The quantitative estimate of drug-likeness (QED) is 0.323. The summed E-state index contributed by atoms with van der Waals surface area (Å²) in [6.07, 6.45) is -4.70. The second kappa shape index (κ2) is 10.6. The van der Waals surface area contributed by atoms with E-state index in [4.69, 9.17) is 21.1 Å². The van der Waals surface area contributed by atoms with Gasteiger partial charge in [0.2, 0.25) is 0 Å². The van der Waals surface area contributed by atoms with E-state index in [1.54, 1.807) is 23.9 Å². The smallest absolute Gasteiger partial charge is 0.416 e. The molecule has 0 bridgehead atoms. The molecular weight excluding hydrogens is 469 g/mol. The SMILES string of the molecule is Cc1cc(SCC(COc2ccc(C(F)(F)F)cc2)OCc2ccc(Cl)s2)ccc1O. The molecule has 31 heavy (non-hydrogen) atoms. The molecule has 1 atom stereocenters. The predicted molar refractivity (Wildman–Crippen MR) is 118 cm³/mol. The first-order valence-corrected chi connectivity index (χ1v) is 11.5. The van der Waals surface area contributed by atoms with Crippen LogP contribution in [-0.4, -0.2) is 23.6 Å². The van der Waals surface area contributed by atoms with Crippen LogP contribution in [0.25, 0.3) is 0 Å². The van der Waals surface area contributed by atoms with Gasteiger partial charge in [0.05, 0.1) is 16.5 Å². The third kappa shape index (κ3) is 7.35.